The summed E-state index contributed by atoms with van der Waals surface area (Å²) < 4.78 is 0. The average Bonchev–Trinajstić information content (AvgIpc) is 2.56. The molecule has 1 aromatic heterocycles. The maximum Gasteiger partial charge on any atom is 0.0458 e. The Morgan fingerprint density at radius 2 is 2.14 bits per heavy atom. The van der Waals surface area contributed by atoms with Crippen LogP contribution in [0, 0.1) is 6.92 Å². The highest BCUT2D eigenvalue weighted by molar-refractivity contribution is 7.98. The summed E-state index contributed by atoms with van der Waals surface area (Å²) in [4.78, 5) is 3.45. The molecule has 0 aliphatic carbocycles. The van der Waals surface area contributed by atoms with E-state index in [1.807, 2.05) is 11.8 Å². The first-order chi connectivity index (χ1) is 6.79. The molecule has 74 valence electrons. The summed E-state index contributed by atoms with van der Waals surface area (Å²) in [7, 11) is 0. The molecule has 14 heavy (non-hydrogen) atoms. The van der Waals surface area contributed by atoms with Crippen LogP contribution in [-0.2, 0) is 5.75 Å². The van der Waals surface area contributed by atoms with Crippen LogP contribution in [0.1, 0.15) is 18.2 Å². The van der Waals surface area contributed by atoms with Crippen LogP contribution >= 0.6 is 11.8 Å². The van der Waals surface area contributed by atoms with E-state index in [2.05, 4.69) is 43.1 Å². The number of aryl methyl sites for hydroxylation is 1. The molecule has 0 bridgehead atoms. The highest BCUT2D eigenvalue weighted by Gasteiger charge is 1.99. The zero-order valence-corrected chi connectivity index (χ0v) is 9.45. The van der Waals surface area contributed by atoms with E-state index in [1.54, 1.807) is 0 Å². The molecule has 0 aliphatic rings. The van der Waals surface area contributed by atoms with Crippen molar-refractivity contribution < 1.29 is 0 Å². The van der Waals surface area contributed by atoms with E-state index < -0.39 is 0 Å². The largest absolute Gasteiger partial charge is 0.358 e. The number of benzene rings is 1. The molecule has 0 amide bonds. The molecule has 2 rings (SSSR count). The molecule has 0 unspecified atom stereocenters. The second-order valence-electron chi connectivity index (χ2n) is 3.52. The maximum absolute atomic E-state index is 3.45. The Hall–Kier alpha value is -0.890. The van der Waals surface area contributed by atoms with Gasteiger partial charge in [-0.2, -0.15) is 11.8 Å². The Morgan fingerprint density at radius 3 is 2.93 bits per heavy atom. The SMILES string of the molecule is CCSCc1cc2ccc(C)cc2[nH]1. The van der Waals surface area contributed by atoms with Gasteiger partial charge >= 0.3 is 0 Å². The van der Waals surface area contributed by atoms with Crippen molar-refractivity contribution in [2.24, 2.45) is 0 Å². The van der Waals surface area contributed by atoms with Gasteiger partial charge in [-0.3, -0.25) is 0 Å². The fourth-order valence-electron chi connectivity index (χ4n) is 1.59. The first-order valence-electron chi connectivity index (χ1n) is 4.95. The summed E-state index contributed by atoms with van der Waals surface area (Å²) in [6.45, 7) is 4.32. The van der Waals surface area contributed by atoms with Gasteiger partial charge in [0.25, 0.3) is 0 Å². The van der Waals surface area contributed by atoms with Gasteiger partial charge in [0.05, 0.1) is 0 Å². The van der Waals surface area contributed by atoms with E-state index in [4.69, 9.17) is 0 Å². The summed E-state index contributed by atoms with van der Waals surface area (Å²) >= 11 is 1.95. The fraction of sp³-hybridized carbons (Fsp3) is 0.333. The van der Waals surface area contributed by atoms with E-state index >= 15 is 0 Å². The highest BCUT2D eigenvalue weighted by Crippen LogP contribution is 2.19. The van der Waals surface area contributed by atoms with Crippen LogP contribution in [0.2, 0.25) is 0 Å². The lowest BCUT2D eigenvalue weighted by atomic mass is 10.2. The first kappa shape index (κ1) is 9.66. The van der Waals surface area contributed by atoms with E-state index in [0.29, 0.717) is 0 Å². The van der Waals surface area contributed by atoms with Crippen molar-refractivity contribution in [1.82, 2.24) is 4.98 Å². The van der Waals surface area contributed by atoms with Gasteiger partial charge in [0, 0.05) is 17.0 Å². The molecule has 0 spiro atoms. The Morgan fingerprint density at radius 1 is 1.29 bits per heavy atom. The Kier molecular flexibility index (Phi) is 2.82. The number of fused-ring (bicyclic) bond motifs is 1. The van der Waals surface area contributed by atoms with Crippen LogP contribution in [0.4, 0.5) is 0 Å². The summed E-state index contributed by atoms with van der Waals surface area (Å²) in [6, 6.07) is 8.79. The second-order valence-corrected chi connectivity index (χ2v) is 4.80. The van der Waals surface area contributed by atoms with Gasteiger partial charge in [0.2, 0.25) is 0 Å². The van der Waals surface area contributed by atoms with Crippen molar-refractivity contribution in [2.75, 3.05) is 5.75 Å². The van der Waals surface area contributed by atoms with Gasteiger partial charge in [-0.1, -0.05) is 19.1 Å². The topological polar surface area (TPSA) is 15.8 Å². The highest BCUT2D eigenvalue weighted by atomic mass is 32.2. The second kappa shape index (κ2) is 4.09. The van der Waals surface area contributed by atoms with Crippen LogP contribution in [-0.4, -0.2) is 10.7 Å². The minimum Gasteiger partial charge on any atom is -0.358 e. The smallest absolute Gasteiger partial charge is 0.0458 e. The number of hydrogen-bond acceptors (Lipinski definition) is 1. The molecule has 0 fully saturated rings. The molecule has 1 aromatic carbocycles. The molecule has 0 saturated carbocycles. The van der Waals surface area contributed by atoms with Crippen LogP contribution in [0.3, 0.4) is 0 Å². The molecule has 1 heterocycles. The minimum atomic E-state index is 1.09. The van der Waals surface area contributed by atoms with Gasteiger partial charge in [-0.25, -0.2) is 0 Å². The van der Waals surface area contributed by atoms with E-state index in [-0.39, 0.29) is 0 Å². The monoisotopic (exact) mass is 205 g/mol. The molecule has 2 aromatic rings. The molecule has 1 nitrogen and oxygen atoms in total. The summed E-state index contributed by atoms with van der Waals surface area (Å²) in [5.41, 5.74) is 3.91. The number of aromatic nitrogens is 1. The number of aromatic amines is 1. The predicted octanol–water partition coefficient (Wildman–Crippen LogP) is 3.73. The molecule has 0 aliphatic heterocycles. The van der Waals surface area contributed by atoms with Crippen molar-refractivity contribution in [3.63, 3.8) is 0 Å². The molecular weight excluding hydrogens is 190 g/mol. The third kappa shape index (κ3) is 1.95. The van der Waals surface area contributed by atoms with Crippen LogP contribution < -0.4 is 0 Å². The number of hydrogen-bond donors (Lipinski definition) is 1. The molecule has 1 N–H and O–H groups in total. The Balaban J connectivity index is 2.32. The normalized spacial score (nSPS) is 11.0. The summed E-state index contributed by atoms with van der Waals surface area (Å²) in [6.07, 6.45) is 0. The van der Waals surface area contributed by atoms with Crippen molar-refractivity contribution >= 4 is 22.7 Å². The molecule has 2 heteroatoms. The summed E-state index contributed by atoms with van der Waals surface area (Å²) in [5, 5.41) is 1.32. The fourth-order valence-corrected chi connectivity index (χ4v) is 2.17. The molecule has 0 atom stereocenters. The lowest BCUT2D eigenvalue weighted by Crippen LogP contribution is -1.79. The lowest BCUT2D eigenvalue weighted by molar-refractivity contribution is 1.26. The molecular formula is C12H15NS. The van der Waals surface area contributed by atoms with Gasteiger partial charge in [-0.05, 0) is 35.8 Å². The third-order valence-corrected chi connectivity index (χ3v) is 3.22. The number of H-pyrrole nitrogens is 1. The Bertz CT molecular complexity index is 431. The van der Waals surface area contributed by atoms with Crippen LogP contribution in [0.5, 0.6) is 0 Å². The first-order valence-corrected chi connectivity index (χ1v) is 6.11. The molecule has 0 saturated heterocycles. The predicted molar refractivity (Wildman–Crippen MR) is 64.9 cm³/mol. The zero-order valence-electron chi connectivity index (χ0n) is 8.63. The van der Waals surface area contributed by atoms with Gasteiger partial charge < -0.3 is 4.98 Å². The standard InChI is InChI=1S/C12H15NS/c1-3-14-8-11-7-10-5-4-9(2)6-12(10)13-11/h4-7,13H,3,8H2,1-2H3. The van der Waals surface area contributed by atoms with Gasteiger partial charge in [0.1, 0.15) is 0 Å². The van der Waals surface area contributed by atoms with Gasteiger partial charge in [-0.15, -0.1) is 0 Å². The van der Waals surface area contributed by atoms with E-state index in [0.717, 1.165) is 5.75 Å². The average molecular weight is 205 g/mol. The van der Waals surface area contributed by atoms with E-state index in [9.17, 15) is 0 Å². The number of nitrogens with one attached hydrogen (secondary N) is 1. The summed E-state index contributed by atoms with van der Waals surface area (Å²) in [5.74, 6) is 2.26. The van der Waals surface area contributed by atoms with Crippen molar-refractivity contribution in [1.29, 1.82) is 0 Å². The Labute approximate surface area is 88.9 Å². The quantitative estimate of drug-likeness (QED) is 0.807. The van der Waals surface area contributed by atoms with Crippen molar-refractivity contribution in [2.45, 2.75) is 19.6 Å². The third-order valence-electron chi connectivity index (χ3n) is 2.30. The van der Waals surface area contributed by atoms with Crippen LogP contribution in [0.25, 0.3) is 10.9 Å². The number of thioether (sulfide) groups is 1. The van der Waals surface area contributed by atoms with Crippen LogP contribution in [0.15, 0.2) is 24.3 Å². The zero-order chi connectivity index (χ0) is 9.97. The molecule has 0 radical (unpaired) electrons. The minimum absolute atomic E-state index is 1.09. The van der Waals surface area contributed by atoms with Gasteiger partial charge in [0.15, 0.2) is 0 Å². The maximum atomic E-state index is 3.45. The van der Waals surface area contributed by atoms with Crippen molar-refractivity contribution in [3.05, 3.63) is 35.5 Å². The van der Waals surface area contributed by atoms with E-state index in [1.165, 1.54) is 27.9 Å². The van der Waals surface area contributed by atoms with Crippen molar-refractivity contribution in [3.8, 4) is 0 Å². The number of rotatable bonds is 3. The lowest BCUT2D eigenvalue weighted by Gasteiger charge is -1.93.